The van der Waals surface area contributed by atoms with Crippen LogP contribution in [0, 0.1) is 12.7 Å². The van der Waals surface area contributed by atoms with Crippen molar-refractivity contribution in [1.82, 2.24) is 25.4 Å². The van der Waals surface area contributed by atoms with E-state index in [1.165, 1.54) is 11.6 Å². The minimum Gasteiger partial charge on any atom is -0.356 e. The van der Waals surface area contributed by atoms with Gasteiger partial charge in [0.2, 0.25) is 0 Å². The van der Waals surface area contributed by atoms with Gasteiger partial charge in [-0.05, 0) is 43.5 Å². The van der Waals surface area contributed by atoms with Gasteiger partial charge in [0, 0.05) is 13.6 Å². The first-order valence-electron chi connectivity index (χ1n) is 9.72. The maximum absolute atomic E-state index is 13.4. The molecule has 0 aliphatic rings. The number of halogens is 1. The van der Waals surface area contributed by atoms with Crippen LogP contribution in [-0.2, 0) is 20.0 Å². The van der Waals surface area contributed by atoms with Crippen molar-refractivity contribution in [1.29, 1.82) is 0 Å². The first-order chi connectivity index (χ1) is 14.0. The molecule has 0 fully saturated rings. The van der Waals surface area contributed by atoms with E-state index in [2.05, 4.69) is 44.9 Å². The van der Waals surface area contributed by atoms with E-state index in [0.29, 0.717) is 25.5 Å². The third-order valence-electron chi connectivity index (χ3n) is 4.81. The molecule has 1 unspecified atom stereocenters. The van der Waals surface area contributed by atoms with Gasteiger partial charge in [0.1, 0.15) is 18.2 Å². The number of aromatic nitrogens is 3. The monoisotopic (exact) mass is 394 g/mol. The Bertz CT molecular complexity index is 951. The van der Waals surface area contributed by atoms with E-state index >= 15 is 0 Å². The number of rotatable bonds is 7. The summed E-state index contributed by atoms with van der Waals surface area (Å²) in [5.74, 6) is 2.10. The van der Waals surface area contributed by atoms with E-state index in [1.807, 2.05) is 42.8 Å². The molecule has 0 amide bonds. The number of guanidine groups is 1. The summed E-state index contributed by atoms with van der Waals surface area (Å²) in [6, 6.07) is 16.9. The predicted octanol–water partition coefficient (Wildman–Crippen LogP) is 3.30. The highest BCUT2D eigenvalue weighted by atomic mass is 19.1. The summed E-state index contributed by atoms with van der Waals surface area (Å²) in [5, 5.41) is 15.0. The molecule has 0 aliphatic carbocycles. The van der Waals surface area contributed by atoms with Crippen molar-refractivity contribution in [3.63, 3.8) is 0 Å². The predicted molar refractivity (Wildman–Crippen MR) is 113 cm³/mol. The van der Waals surface area contributed by atoms with Crippen LogP contribution in [0.4, 0.5) is 4.39 Å². The highest BCUT2D eigenvalue weighted by molar-refractivity contribution is 5.80. The summed E-state index contributed by atoms with van der Waals surface area (Å²) in [5.41, 5.74) is 2.11. The molecular weight excluding hydrogens is 367 g/mol. The van der Waals surface area contributed by atoms with Gasteiger partial charge in [-0.3, -0.25) is 0 Å². The molecule has 6 nitrogen and oxygen atoms in total. The van der Waals surface area contributed by atoms with Crippen molar-refractivity contribution in [2.24, 2.45) is 12.0 Å². The van der Waals surface area contributed by atoms with Gasteiger partial charge in [0.15, 0.2) is 11.8 Å². The molecule has 3 rings (SSSR count). The van der Waals surface area contributed by atoms with Gasteiger partial charge in [-0.1, -0.05) is 42.5 Å². The average molecular weight is 394 g/mol. The molecular formula is C22H27FN6. The minimum absolute atomic E-state index is 0.0813. The second-order valence-corrected chi connectivity index (χ2v) is 6.97. The van der Waals surface area contributed by atoms with Crippen molar-refractivity contribution in [3.05, 3.63) is 83.2 Å². The van der Waals surface area contributed by atoms with Crippen LogP contribution in [0.1, 0.15) is 35.7 Å². The van der Waals surface area contributed by atoms with Crippen molar-refractivity contribution in [3.8, 4) is 0 Å². The van der Waals surface area contributed by atoms with Gasteiger partial charge >= 0.3 is 0 Å². The van der Waals surface area contributed by atoms with Gasteiger partial charge in [-0.25, -0.2) is 9.38 Å². The Balaban J connectivity index is 1.68. The smallest absolute Gasteiger partial charge is 0.192 e. The van der Waals surface area contributed by atoms with Crippen molar-refractivity contribution < 1.29 is 4.39 Å². The van der Waals surface area contributed by atoms with E-state index in [1.54, 1.807) is 12.1 Å². The van der Waals surface area contributed by atoms with Gasteiger partial charge in [0.05, 0.1) is 6.04 Å². The fraction of sp³-hybridized carbons (Fsp3) is 0.318. The molecule has 7 heteroatoms. The summed E-state index contributed by atoms with van der Waals surface area (Å²) < 4.78 is 15.3. The Kier molecular flexibility index (Phi) is 6.94. The Morgan fingerprint density at radius 2 is 1.93 bits per heavy atom. The van der Waals surface area contributed by atoms with Gasteiger partial charge in [0.25, 0.3) is 0 Å². The fourth-order valence-corrected chi connectivity index (χ4v) is 2.94. The molecule has 0 spiro atoms. The molecule has 2 aromatic carbocycles. The van der Waals surface area contributed by atoms with Gasteiger partial charge in [-0.15, -0.1) is 10.2 Å². The topological polar surface area (TPSA) is 67.1 Å². The molecule has 0 radical (unpaired) electrons. The summed E-state index contributed by atoms with van der Waals surface area (Å²) in [6.45, 7) is 5.04. The first-order valence-corrected chi connectivity index (χ1v) is 9.72. The lowest BCUT2D eigenvalue weighted by atomic mass is 10.1. The number of aryl methyl sites for hydroxylation is 1. The molecule has 152 valence electrons. The number of hydrogen-bond donors (Lipinski definition) is 2. The van der Waals surface area contributed by atoms with E-state index in [-0.39, 0.29) is 11.9 Å². The van der Waals surface area contributed by atoms with Crippen LogP contribution in [0.3, 0.4) is 0 Å². The Labute approximate surface area is 170 Å². The summed E-state index contributed by atoms with van der Waals surface area (Å²) in [6.07, 6.45) is 0.696. The largest absolute Gasteiger partial charge is 0.356 e. The molecule has 2 N–H and O–H groups in total. The van der Waals surface area contributed by atoms with Crippen LogP contribution in [0.25, 0.3) is 0 Å². The highest BCUT2D eigenvalue weighted by Gasteiger charge is 2.09. The number of aliphatic imine (C=N–C) groups is 1. The average Bonchev–Trinajstić information content (AvgIpc) is 3.04. The van der Waals surface area contributed by atoms with Crippen LogP contribution < -0.4 is 10.6 Å². The highest BCUT2D eigenvalue weighted by Crippen LogP contribution is 2.11. The maximum atomic E-state index is 13.4. The minimum atomic E-state index is -0.218. The molecule has 1 atom stereocenters. The number of nitrogens with zero attached hydrogens (tertiary/aromatic N) is 4. The molecule has 3 aromatic rings. The van der Waals surface area contributed by atoms with E-state index in [4.69, 9.17) is 0 Å². The van der Waals surface area contributed by atoms with Crippen LogP contribution in [-0.4, -0.2) is 27.3 Å². The second kappa shape index (κ2) is 9.82. The second-order valence-electron chi connectivity index (χ2n) is 6.97. The lowest BCUT2D eigenvalue weighted by molar-refractivity contribution is 0.624. The van der Waals surface area contributed by atoms with Crippen molar-refractivity contribution >= 4 is 5.96 Å². The summed E-state index contributed by atoms with van der Waals surface area (Å²) in [4.78, 5) is 4.68. The zero-order valence-electron chi connectivity index (χ0n) is 17.1. The maximum Gasteiger partial charge on any atom is 0.192 e. The normalized spacial score (nSPS) is 12.6. The number of nitrogens with one attached hydrogen (secondary N) is 2. The van der Waals surface area contributed by atoms with Crippen molar-refractivity contribution in [2.45, 2.75) is 32.9 Å². The Hall–Kier alpha value is -3.22. The number of benzene rings is 2. The zero-order chi connectivity index (χ0) is 20.6. The van der Waals surface area contributed by atoms with Crippen molar-refractivity contribution in [2.75, 3.05) is 6.54 Å². The van der Waals surface area contributed by atoms with Crippen LogP contribution >= 0.6 is 0 Å². The molecule has 0 saturated heterocycles. The first kappa shape index (κ1) is 20.5. The molecule has 0 aliphatic heterocycles. The fourth-order valence-electron chi connectivity index (χ4n) is 2.94. The quantitative estimate of drug-likeness (QED) is 0.477. The lowest BCUT2D eigenvalue weighted by Gasteiger charge is -2.19. The van der Waals surface area contributed by atoms with Gasteiger partial charge < -0.3 is 15.2 Å². The van der Waals surface area contributed by atoms with Crippen LogP contribution in [0.15, 0.2) is 59.6 Å². The number of hydrogen-bond acceptors (Lipinski definition) is 3. The van der Waals surface area contributed by atoms with Crippen LogP contribution in [0.5, 0.6) is 0 Å². The van der Waals surface area contributed by atoms with E-state index in [0.717, 1.165) is 17.2 Å². The molecule has 1 heterocycles. The zero-order valence-corrected chi connectivity index (χ0v) is 17.1. The van der Waals surface area contributed by atoms with Gasteiger partial charge in [-0.2, -0.15) is 0 Å². The Morgan fingerprint density at radius 3 is 2.62 bits per heavy atom. The molecule has 0 bridgehead atoms. The summed E-state index contributed by atoms with van der Waals surface area (Å²) in [7, 11) is 1.93. The Morgan fingerprint density at radius 1 is 1.14 bits per heavy atom. The lowest BCUT2D eigenvalue weighted by Crippen LogP contribution is -2.39. The third kappa shape index (κ3) is 5.88. The third-order valence-corrected chi connectivity index (χ3v) is 4.81. The molecule has 29 heavy (non-hydrogen) atoms. The molecule has 0 saturated carbocycles. The van der Waals surface area contributed by atoms with E-state index < -0.39 is 0 Å². The van der Waals surface area contributed by atoms with E-state index in [9.17, 15) is 4.39 Å². The summed E-state index contributed by atoms with van der Waals surface area (Å²) >= 11 is 0. The van der Waals surface area contributed by atoms with Crippen LogP contribution in [0.2, 0.25) is 0 Å². The standard InChI is InChI=1S/C22H27FN6/c1-16(19-9-5-4-6-10-19)26-22(25-15-21-28-27-17(2)29(21)3)24-13-12-18-8-7-11-20(23)14-18/h4-11,14,16H,12-13,15H2,1-3H3,(H2,24,25,26). The molecule has 1 aromatic heterocycles. The SMILES string of the molecule is Cc1nnc(CN=C(NCCc2cccc(F)c2)NC(C)c2ccccc2)n1C.